The fraction of sp³-hybridized carbons (Fsp3) is 0.0435. The third-order valence-electron chi connectivity index (χ3n) is 4.18. The zero-order chi connectivity index (χ0) is 18.6. The summed E-state index contributed by atoms with van der Waals surface area (Å²) in [6, 6.07) is 26.7. The molecule has 3 aromatic carbocycles. The van der Waals surface area contributed by atoms with Crippen LogP contribution >= 0.6 is 11.8 Å². The summed E-state index contributed by atoms with van der Waals surface area (Å²) < 4.78 is 0. The standard InChI is InChI=1S/C23H17N3S/c1-16-7-12-21-22(13-16)26-23(25-21)18(15-24)14-17-8-10-20(11-9-17)27-19-5-3-2-4-6-19/h2-14H,1H3,(H,25,26). The minimum absolute atomic E-state index is 0.521. The van der Waals surface area contributed by atoms with E-state index in [9.17, 15) is 5.26 Å². The van der Waals surface area contributed by atoms with Gasteiger partial charge in [0.15, 0.2) is 0 Å². The summed E-state index contributed by atoms with van der Waals surface area (Å²) >= 11 is 1.72. The lowest BCUT2D eigenvalue weighted by atomic mass is 10.1. The predicted molar refractivity (Wildman–Crippen MR) is 111 cm³/mol. The molecule has 4 aromatic rings. The average molecular weight is 367 g/mol. The smallest absolute Gasteiger partial charge is 0.149 e. The number of hydrogen-bond acceptors (Lipinski definition) is 3. The molecule has 4 rings (SSSR count). The van der Waals surface area contributed by atoms with Gasteiger partial charge in [0.05, 0.1) is 16.6 Å². The molecule has 0 saturated carbocycles. The molecule has 4 heteroatoms. The van der Waals surface area contributed by atoms with Gasteiger partial charge in [-0.2, -0.15) is 5.26 Å². The van der Waals surface area contributed by atoms with Crippen LogP contribution < -0.4 is 0 Å². The number of imidazole rings is 1. The third kappa shape index (κ3) is 3.94. The second-order valence-corrected chi connectivity index (χ2v) is 7.41. The van der Waals surface area contributed by atoms with Gasteiger partial charge in [-0.15, -0.1) is 0 Å². The molecule has 0 radical (unpaired) electrons. The zero-order valence-electron chi connectivity index (χ0n) is 14.8. The predicted octanol–water partition coefficient (Wildman–Crippen LogP) is 6.09. The van der Waals surface area contributed by atoms with Crippen molar-refractivity contribution < 1.29 is 0 Å². The molecule has 0 aliphatic heterocycles. The number of hydrogen-bond donors (Lipinski definition) is 1. The first-order valence-electron chi connectivity index (χ1n) is 8.63. The number of benzene rings is 3. The van der Waals surface area contributed by atoms with Crippen molar-refractivity contribution in [3.05, 3.63) is 89.7 Å². The molecule has 0 saturated heterocycles. The van der Waals surface area contributed by atoms with Gasteiger partial charge in [0.1, 0.15) is 11.9 Å². The summed E-state index contributed by atoms with van der Waals surface area (Å²) in [5, 5.41) is 9.59. The SMILES string of the molecule is Cc1ccc2nc(C(C#N)=Cc3ccc(Sc4ccccc4)cc3)[nH]c2c1. The topological polar surface area (TPSA) is 52.5 Å². The van der Waals surface area contributed by atoms with Crippen molar-refractivity contribution in [2.75, 3.05) is 0 Å². The van der Waals surface area contributed by atoms with Crippen LogP contribution in [0.5, 0.6) is 0 Å². The number of H-pyrrole nitrogens is 1. The van der Waals surface area contributed by atoms with E-state index in [1.807, 2.05) is 61.5 Å². The molecule has 0 amide bonds. The molecule has 0 aliphatic carbocycles. The highest BCUT2D eigenvalue weighted by atomic mass is 32.2. The Kier molecular flexibility index (Phi) is 4.78. The minimum Gasteiger partial charge on any atom is -0.337 e. The molecule has 0 fully saturated rings. The highest BCUT2D eigenvalue weighted by Crippen LogP contribution is 2.28. The molecule has 0 bridgehead atoms. The molecule has 0 atom stereocenters. The largest absolute Gasteiger partial charge is 0.337 e. The van der Waals surface area contributed by atoms with Crippen molar-refractivity contribution in [3.8, 4) is 6.07 Å². The van der Waals surface area contributed by atoms with Gasteiger partial charge in [0.25, 0.3) is 0 Å². The first-order chi connectivity index (χ1) is 13.2. The molecular formula is C23H17N3S. The fourth-order valence-electron chi connectivity index (χ4n) is 2.83. The number of aryl methyl sites for hydroxylation is 1. The van der Waals surface area contributed by atoms with Gasteiger partial charge in [-0.25, -0.2) is 4.98 Å². The Morgan fingerprint density at radius 1 is 1.00 bits per heavy atom. The number of rotatable bonds is 4. The van der Waals surface area contributed by atoms with E-state index in [1.54, 1.807) is 11.8 Å². The summed E-state index contributed by atoms with van der Waals surface area (Å²) in [6.07, 6.45) is 1.86. The number of aromatic nitrogens is 2. The van der Waals surface area contributed by atoms with Crippen LogP contribution in [0.25, 0.3) is 22.7 Å². The fourth-order valence-corrected chi connectivity index (χ4v) is 3.67. The van der Waals surface area contributed by atoms with Crippen LogP contribution in [-0.4, -0.2) is 9.97 Å². The molecule has 3 nitrogen and oxygen atoms in total. The van der Waals surface area contributed by atoms with Crippen molar-refractivity contribution in [2.45, 2.75) is 16.7 Å². The van der Waals surface area contributed by atoms with Gasteiger partial charge in [0, 0.05) is 9.79 Å². The van der Waals surface area contributed by atoms with E-state index in [0.29, 0.717) is 11.4 Å². The van der Waals surface area contributed by atoms with E-state index in [-0.39, 0.29) is 0 Å². The van der Waals surface area contributed by atoms with E-state index in [4.69, 9.17) is 0 Å². The molecule has 1 heterocycles. The lowest BCUT2D eigenvalue weighted by Crippen LogP contribution is -1.85. The summed E-state index contributed by atoms with van der Waals surface area (Å²) in [7, 11) is 0. The van der Waals surface area contributed by atoms with Gasteiger partial charge >= 0.3 is 0 Å². The maximum absolute atomic E-state index is 9.59. The molecule has 0 aliphatic rings. The van der Waals surface area contributed by atoms with E-state index in [0.717, 1.165) is 27.1 Å². The van der Waals surface area contributed by atoms with Crippen LogP contribution in [0.4, 0.5) is 0 Å². The molecule has 0 unspecified atom stereocenters. The number of nitrogens with zero attached hydrogens (tertiary/aromatic N) is 2. The number of fused-ring (bicyclic) bond motifs is 1. The second-order valence-electron chi connectivity index (χ2n) is 6.26. The second kappa shape index (κ2) is 7.53. The van der Waals surface area contributed by atoms with Crippen LogP contribution in [0.3, 0.4) is 0 Å². The van der Waals surface area contributed by atoms with Crippen molar-refractivity contribution >= 4 is 34.4 Å². The quantitative estimate of drug-likeness (QED) is 0.444. The molecule has 1 N–H and O–H groups in total. The van der Waals surface area contributed by atoms with Crippen LogP contribution in [0.2, 0.25) is 0 Å². The molecular weight excluding hydrogens is 350 g/mol. The third-order valence-corrected chi connectivity index (χ3v) is 5.20. The van der Waals surface area contributed by atoms with Crippen molar-refractivity contribution in [2.24, 2.45) is 0 Å². The summed E-state index contributed by atoms with van der Waals surface area (Å²) in [4.78, 5) is 10.2. The van der Waals surface area contributed by atoms with Crippen molar-refractivity contribution in [3.63, 3.8) is 0 Å². The summed E-state index contributed by atoms with van der Waals surface area (Å²) in [5.74, 6) is 0.598. The summed E-state index contributed by atoms with van der Waals surface area (Å²) in [6.45, 7) is 2.04. The molecule has 0 spiro atoms. The Bertz CT molecular complexity index is 1150. The maximum atomic E-state index is 9.59. The normalized spacial score (nSPS) is 11.5. The Hall–Kier alpha value is -3.29. The number of nitriles is 1. The van der Waals surface area contributed by atoms with E-state index < -0.39 is 0 Å². The summed E-state index contributed by atoms with van der Waals surface area (Å²) in [5.41, 5.74) is 4.46. The van der Waals surface area contributed by atoms with E-state index in [1.165, 1.54) is 4.90 Å². The highest BCUT2D eigenvalue weighted by molar-refractivity contribution is 7.99. The molecule has 1 aromatic heterocycles. The van der Waals surface area contributed by atoms with Crippen LogP contribution in [0.1, 0.15) is 17.0 Å². The lowest BCUT2D eigenvalue weighted by molar-refractivity contribution is 1.27. The Morgan fingerprint density at radius 3 is 2.48 bits per heavy atom. The Labute approximate surface area is 162 Å². The van der Waals surface area contributed by atoms with Gasteiger partial charge in [0.2, 0.25) is 0 Å². The van der Waals surface area contributed by atoms with Gasteiger partial charge < -0.3 is 4.98 Å². The average Bonchev–Trinajstić information content (AvgIpc) is 3.11. The van der Waals surface area contributed by atoms with Gasteiger partial charge in [-0.05, 0) is 60.5 Å². The monoisotopic (exact) mass is 367 g/mol. The zero-order valence-corrected chi connectivity index (χ0v) is 15.6. The Balaban J connectivity index is 1.59. The van der Waals surface area contributed by atoms with Crippen LogP contribution in [0, 0.1) is 18.3 Å². The molecule has 27 heavy (non-hydrogen) atoms. The van der Waals surface area contributed by atoms with Crippen LogP contribution in [0.15, 0.2) is 82.6 Å². The van der Waals surface area contributed by atoms with Gasteiger partial charge in [-0.3, -0.25) is 0 Å². The van der Waals surface area contributed by atoms with E-state index >= 15 is 0 Å². The van der Waals surface area contributed by atoms with Crippen LogP contribution in [-0.2, 0) is 0 Å². The first kappa shape index (κ1) is 17.1. The van der Waals surface area contributed by atoms with Gasteiger partial charge in [-0.1, -0.05) is 48.2 Å². The minimum atomic E-state index is 0.521. The Morgan fingerprint density at radius 2 is 1.74 bits per heavy atom. The van der Waals surface area contributed by atoms with Crippen molar-refractivity contribution in [1.82, 2.24) is 9.97 Å². The lowest BCUT2D eigenvalue weighted by Gasteiger charge is -2.02. The maximum Gasteiger partial charge on any atom is 0.149 e. The first-order valence-corrected chi connectivity index (χ1v) is 9.44. The van der Waals surface area contributed by atoms with Crippen molar-refractivity contribution in [1.29, 1.82) is 5.26 Å². The number of nitrogens with one attached hydrogen (secondary N) is 1. The number of allylic oxidation sites excluding steroid dienone is 1. The molecule has 130 valence electrons. The highest BCUT2D eigenvalue weighted by Gasteiger charge is 2.08. The van der Waals surface area contributed by atoms with E-state index in [2.05, 4.69) is 40.3 Å². The number of aromatic amines is 1.